The Morgan fingerprint density at radius 1 is 1.19 bits per heavy atom. The zero-order valence-corrected chi connectivity index (χ0v) is 12.3. The van der Waals surface area contributed by atoms with Gasteiger partial charge in [-0.25, -0.2) is 12.7 Å². The minimum Gasteiger partial charge on any atom is -0.316 e. The van der Waals surface area contributed by atoms with Gasteiger partial charge in [0.05, 0.1) is 10.7 Å². The third kappa shape index (κ3) is 2.92. The van der Waals surface area contributed by atoms with E-state index in [2.05, 4.69) is 5.32 Å². The summed E-state index contributed by atoms with van der Waals surface area (Å²) in [5, 5.41) is 13.9. The molecule has 1 aromatic rings. The Balaban J connectivity index is 1.70. The van der Waals surface area contributed by atoms with E-state index < -0.39 is 14.9 Å². The predicted molar refractivity (Wildman–Crippen MR) is 77.1 cm³/mol. The average molecular weight is 311 g/mol. The van der Waals surface area contributed by atoms with Crippen molar-refractivity contribution in [2.45, 2.75) is 5.75 Å². The summed E-state index contributed by atoms with van der Waals surface area (Å²) in [5.74, 6) is 0.728. The van der Waals surface area contributed by atoms with Gasteiger partial charge >= 0.3 is 0 Å². The van der Waals surface area contributed by atoms with Crippen LogP contribution in [0.5, 0.6) is 0 Å². The van der Waals surface area contributed by atoms with Crippen molar-refractivity contribution in [3.05, 3.63) is 39.9 Å². The summed E-state index contributed by atoms with van der Waals surface area (Å²) in [5.41, 5.74) is 0.550. The maximum absolute atomic E-state index is 12.4. The third-order valence-corrected chi connectivity index (χ3v) is 6.03. The lowest BCUT2D eigenvalue weighted by Gasteiger charge is -2.17. The van der Waals surface area contributed by atoms with Crippen LogP contribution in [0.25, 0.3) is 0 Å². The molecule has 1 N–H and O–H groups in total. The molecule has 3 rings (SSSR count). The van der Waals surface area contributed by atoms with Gasteiger partial charge in [-0.05, 0) is 30.5 Å². The summed E-state index contributed by atoms with van der Waals surface area (Å²) in [7, 11) is -3.35. The van der Waals surface area contributed by atoms with Gasteiger partial charge in [-0.1, -0.05) is 12.1 Å². The highest BCUT2D eigenvalue weighted by molar-refractivity contribution is 7.88. The van der Waals surface area contributed by atoms with Crippen LogP contribution in [0.1, 0.15) is 5.56 Å². The first-order valence-corrected chi connectivity index (χ1v) is 8.48. The fourth-order valence-electron chi connectivity index (χ4n) is 3.06. The third-order valence-electron chi connectivity index (χ3n) is 4.25. The van der Waals surface area contributed by atoms with Crippen molar-refractivity contribution in [2.75, 3.05) is 26.2 Å². The van der Waals surface area contributed by atoms with Crippen molar-refractivity contribution >= 4 is 15.7 Å². The minimum atomic E-state index is -3.35. The number of nitro benzene ring substituents is 1. The molecular formula is C13H17N3O4S. The van der Waals surface area contributed by atoms with Crippen LogP contribution in [0.2, 0.25) is 0 Å². The Hall–Kier alpha value is -1.51. The second kappa shape index (κ2) is 5.36. The van der Waals surface area contributed by atoms with Crippen LogP contribution in [0, 0.1) is 22.0 Å². The summed E-state index contributed by atoms with van der Waals surface area (Å²) in [6.45, 7) is 2.92. The van der Waals surface area contributed by atoms with Crippen LogP contribution < -0.4 is 5.32 Å². The minimum absolute atomic E-state index is 0.0297. The Labute approximate surface area is 123 Å². The van der Waals surface area contributed by atoms with Crippen LogP contribution in [0.15, 0.2) is 24.3 Å². The first-order valence-electron chi connectivity index (χ1n) is 6.87. The highest BCUT2D eigenvalue weighted by atomic mass is 32.2. The lowest BCUT2D eigenvalue weighted by molar-refractivity contribution is -0.384. The number of non-ortho nitro benzene ring substituents is 1. The Kier molecular flexibility index (Phi) is 3.68. The highest BCUT2D eigenvalue weighted by Crippen LogP contribution is 2.29. The van der Waals surface area contributed by atoms with E-state index in [1.165, 1.54) is 24.3 Å². The molecule has 21 heavy (non-hydrogen) atoms. The summed E-state index contributed by atoms with van der Waals surface area (Å²) >= 11 is 0. The number of nitrogens with one attached hydrogen (secondary N) is 1. The monoisotopic (exact) mass is 311 g/mol. The van der Waals surface area contributed by atoms with Gasteiger partial charge in [0.1, 0.15) is 0 Å². The van der Waals surface area contributed by atoms with Crippen LogP contribution >= 0.6 is 0 Å². The lowest BCUT2D eigenvalue weighted by Crippen LogP contribution is -2.32. The number of sulfonamides is 1. The maximum atomic E-state index is 12.4. The SMILES string of the molecule is O=[N+]([O-])c1ccc(CS(=O)(=O)N2CC3CNCC3C2)cc1. The zero-order valence-electron chi connectivity index (χ0n) is 11.4. The van der Waals surface area contributed by atoms with E-state index in [0.717, 1.165) is 13.1 Å². The molecule has 0 aliphatic carbocycles. The number of nitrogens with zero attached hydrogens (tertiary/aromatic N) is 2. The molecule has 2 fully saturated rings. The van der Waals surface area contributed by atoms with E-state index in [0.29, 0.717) is 30.5 Å². The van der Waals surface area contributed by atoms with Crippen molar-refractivity contribution in [2.24, 2.45) is 11.8 Å². The van der Waals surface area contributed by atoms with E-state index in [-0.39, 0.29) is 11.4 Å². The van der Waals surface area contributed by atoms with Gasteiger partial charge in [-0.3, -0.25) is 10.1 Å². The fourth-order valence-corrected chi connectivity index (χ4v) is 4.69. The van der Waals surface area contributed by atoms with Gasteiger partial charge in [0.2, 0.25) is 10.0 Å². The van der Waals surface area contributed by atoms with Gasteiger partial charge < -0.3 is 5.32 Å². The van der Waals surface area contributed by atoms with Gasteiger partial charge in [0.25, 0.3) is 5.69 Å². The normalized spacial score (nSPS) is 25.9. The van der Waals surface area contributed by atoms with Crippen LogP contribution in [-0.2, 0) is 15.8 Å². The summed E-state index contributed by atoms with van der Waals surface area (Å²) in [6, 6.07) is 5.70. The Morgan fingerprint density at radius 3 is 2.29 bits per heavy atom. The van der Waals surface area contributed by atoms with Crippen molar-refractivity contribution in [1.29, 1.82) is 0 Å². The molecule has 0 radical (unpaired) electrons. The second-order valence-electron chi connectivity index (χ2n) is 5.68. The molecule has 7 nitrogen and oxygen atoms in total. The molecular weight excluding hydrogens is 294 g/mol. The van der Waals surface area contributed by atoms with Gasteiger partial charge in [0.15, 0.2) is 0 Å². The fraction of sp³-hybridized carbons (Fsp3) is 0.538. The number of benzene rings is 1. The first-order chi connectivity index (χ1) is 9.95. The maximum Gasteiger partial charge on any atom is 0.269 e. The lowest BCUT2D eigenvalue weighted by atomic mass is 10.0. The molecule has 8 heteroatoms. The molecule has 0 saturated carbocycles. The van der Waals surface area contributed by atoms with Crippen molar-refractivity contribution < 1.29 is 13.3 Å². The smallest absolute Gasteiger partial charge is 0.269 e. The molecule has 114 valence electrons. The first kappa shape index (κ1) is 14.4. The van der Waals surface area contributed by atoms with E-state index >= 15 is 0 Å². The standard InChI is InChI=1S/C13H17N3O4S/c17-16(18)13-3-1-10(2-4-13)9-21(19,20)15-7-11-5-14-6-12(11)8-15/h1-4,11-12,14H,5-9H2. The number of rotatable bonds is 4. The zero-order chi connectivity index (χ0) is 15.0. The summed E-state index contributed by atoms with van der Waals surface area (Å²) < 4.78 is 26.4. The molecule has 0 bridgehead atoms. The van der Waals surface area contributed by atoms with Gasteiger partial charge in [0, 0.05) is 25.2 Å². The molecule has 2 aliphatic heterocycles. The van der Waals surface area contributed by atoms with E-state index in [1.54, 1.807) is 4.31 Å². The van der Waals surface area contributed by atoms with Crippen LogP contribution in [-0.4, -0.2) is 43.8 Å². The van der Waals surface area contributed by atoms with Crippen molar-refractivity contribution in [3.63, 3.8) is 0 Å². The number of nitro groups is 1. The molecule has 2 aliphatic rings. The molecule has 0 spiro atoms. The number of hydrogen-bond acceptors (Lipinski definition) is 5. The highest BCUT2D eigenvalue weighted by Gasteiger charge is 2.40. The van der Waals surface area contributed by atoms with E-state index in [1.807, 2.05) is 0 Å². The summed E-state index contributed by atoms with van der Waals surface area (Å²) in [4.78, 5) is 10.1. The second-order valence-corrected chi connectivity index (χ2v) is 7.64. The molecule has 2 heterocycles. The molecule has 2 saturated heterocycles. The Bertz CT molecular complexity index is 632. The van der Waals surface area contributed by atoms with Gasteiger partial charge in [-0.15, -0.1) is 0 Å². The van der Waals surface area contributed by atoms with Crippen molar-refractivity contribution in [1.82, 2.24) is 9.62 Å². The number of fused-ring (bicyclic) bond motifs is 1. The average Bonchev–Trinajstić information content (AvgIpc) is 2.99. The molecule has 0 aromatic heterocycles. The topological polar surface area (TPSA) is 92.5 Å². The van der Waals surface area contributed by atoms with Crippen LogP contribution in [0.4, 0.5) is 5.69 Å². The van der Waals surface area contributed by atoms with E-state index in [4.69, 9.17) is 0 Å². The molecule has 0 amide bonds. The number of hydrogen-bond donors (Lipinski definition) is 1. The quantitative estimate of drug-likeness (QED) is 0.648. The van der Waals surface area contributed by atoms with Crippen LogP contribution in [0.3, 0.4) is 0 Å². The Morgan fingerprint density at radius 2 is 1.76 bits per heavy atom. The van der Waals surface area contributed by atoms with E-state index in [9.17, 15) is 18.5 Å². The largest absolute Gasteiger partial charge is 0.316 e. The summed E-state index contributed by atoms with van der Waals surface area (Å²) in [6.07, 6.45) is 0. The molecule has 1 aromatic carbocycles. The molecule has 2 unspecified atom stereocenters. The van der Waals surface area contributed by atoms with Gasteiger partial charge in [-0.2, -0.15) is 0 Å². The molecule has 2 atom stereocenters. The van der Waals surface area contributed by atoms with Crippen molar-refractivity contribution in [3.8, 4) is 0 Å². The predicted octanol–water partition coefficient (Wildman–Crippen LogP) is 0.576.